The maximum Gasteiger partial charge on any atom is 0.256 e. The van der Waals surface area contributed by atoms with Crippen molar-refractivity contribution in [2.75, 3.05) is 20.2 Å². The normalized spacial score (nSPS) is 14.8. The lowest BCUT2D eigenvalue weighted by molar-refractivity contribution is 0.0666. The van der Waals surface area contributed by atoms with Gasteiger partial charge in [0.1, 0.15) is 5.75 Å². The van der Waals surface area contributed by atoms with Gasteiger partial charge < -0.3 is 24.5 Å². The van der Waals surface area contributed by atoms with Gasteiger partial charge in [0.25, 0.3) is 17.4 Å². The maximum absolute atomic E-state index is 13.6. The molecule has 2 aromatic carbocycles. The van der Waals surface area contributed by atoms with E-state index in [2.05, 4.69) is 27.9 Å². The molecule has 0 aliphatic carbocycles. The number of pyridine rings is 1. The number of aromatic amines is 1. The van der Waals surface area contributed by atoms with Crippen LogP contribution in [-0.4, -0.2) is 46.5 Å². The number of carbonyl (C=O) groups excluding carboxylic acids is 2. The van der Waals surface area contributed by atoms with Crippen LogP contribution in [0, 0.1) is 19.8 Å². The largest absolute Gasteiger partial charge is 0.496 e. The lowest BCUT2D eigenvalue weighted by Crippen LogP contribution is -2.40. The van der Waals surface area contributed by atoms with Crippen molar-refractivity contribution < 1.29 is 14.3 Å². The Morgan fingerprint density at radius 1 is 1.05 bits per heavy atom. The maximum atomic E-state index is 13.6. The minimum Gasteiger partial charge on any atom is -0.496 e. The Balaban J connectivity index is 1.36. The Bertz CT molecular complexity index is 1600. The van der Waals surface area contributed by atoms with Crippen LogP contribution in [0.2, 0.25) is 0 Å². The van der Waals surface area contributed by atoms with Crippen LogP contribution in [0.5, 0.6) is 5.75 Å². The highest BCUT2D eigenvalue weighted by molar-refractivity contribution is 6.08. The average Bonchev–Trinajstić information content (AvgIpc) is 3.27. The Morgan fingerprint density at radius 3 is 2.42 bits per heavy atom. The van der Waals surface area contributed by atoms with Crippen molar-refractivity contribution in [3.05, 3.63) is 99.1 Å². The number of piperidine rings is 1. The van der Waals surface area contributed by atoms with Crippen LogP contribution < -0.4 is 15.6 Å². The monoisotopic (exact) mass is 540 g/mol. The fraction of sp³-hybridized carbons (Fsp3) is 0.344. The van der Waals surface area contributed by atoms with E-state index in [1.807, 2.05) is 60.4 Å². The van der Waals surface area contributed by atoms with Crippen molar-refractivity contribution in [1.29, 1.82) is 0 Å². The molecular formula is C32H36N4O4. The number of nitrogens with one attached hydrogen (secondary N) is 2. The SMILES string of the molecule is COc1cc(C)[nH]c(=O)c1CNC(=O)c1c(C)n(C(C)C2CCN(C(=O)c3ccccc3)CC2)c2ccccc12. The second-order valence-corrected chi connectivity index (χ2v) is 10.6. The summed E-state index contributed by atoms with van der Waals surface area (Å²) in [6, 6.07) is 19.3. The number of rotatable bonds is 7. The van der Waals surface area contributed by atoms with E-state index in [1.54, 1.807) is 13.0 Å². The lowest BCUT2D eigenvalue weighted by Gasteiger charge is -2.36. The molecular weight excluding hydrogens is 504 g/mol. The molecule has 1 atom stereocenters. The number of fused-ring (bicyclic) bond motifs is 1. The fourth-order valence-electron chi connectivity index (χ4n) is 6.05. The first-order valence-electron chi connectivity index (χ1n) is 13.8. The van der Waals surface area contributed by atoms with Gasteiger partial charge in [0.05, 0.1) is 24.8 Å². The van der Waals surface area contributed by atoms with Crippen LogP contribution in [-0.2, 0) is 6.54 Å². The molecule has 0 bridgehead atoms. The number of carbonyl (C=O) groups is 2. The third kappa shape index (κ3) is 5.13. The van der Waals surface area contributed by atoms with Crippen LogP contribution in [0.15, 0.2) is 65.5 Å². The first kappa shape index (κ1) is 27.2. The van der Waals surface area contributed by atoms with E-state index in [1.165, 1.54) is 7.11 Å². The minimum absolute atomic E-state index is 0.0556. The summed E-state index contributed by atoms with van der Waals surface area (Å²) in [7, 11) is 1.51. The van der Waals surface area contributed by atoms with Crippen LogP contribution in [0.1, 0.15) is 63.5 Å². The molecule has 208 valence electrons. The summed E-state index contributed by atoms with van der Waals surface area (Å²) in [4.78, 5) is 43.8. The summed E-state index contributed by atoms with van der Waals surface area (Å²) in [6.07, 6.45) is 1.78. The zero-order chi connectivity index (χ0) is 28.4. The molecule has 0 radical (unpaired) electrons. The molecule has 4 aromatic rings. The van der Waals surface area contributed by atoms with Gasteiger partial charge in [-0.15, -0.1) is 0 Å². The highest BCUT2D eigenvalue weighted by Gasteiger charge is 2.30. The molecule has 40 heavy (non-hydrogen) atoms. The standard InChI is InChI=1S/C32H36N4O4/c1-20-18-28(40-4)26(30(37)34-20)19-33-31(38)29-22(3)36(27-13-9-8-12-25(27)29)21(2)23-14-16-35(17-15-23)32(39)24-10-6-5-7-11-24/h5-13,18,21,23H,14-17,19H2,1-4H3,(H,33,38)(H,34,37). The van der Waals surface area contributed by atoms with E-state index in [4.69, 9.17) is 4.74 Å². The number of H-pyrrole nitrogens is 1. The summed E-state index contributed by atoms with van der Waals surface area (Å²) in [5.74, 6) is 0.661. The highest BCUT2D eigenvalue weighted by Crippen LogP contribution is 2.36. The van der Waals surface area contributed by atoms with Gasteiger partial charge in [-0.05, 0) is 63.8 Å². The third-order valence-electron chi connectivity index (χ3n) is 8.20. The lowest BCUT2D eigenvalue weighted by atomic mass is 9.89. The number of aromatic nitrogens is 2. The number of hydrogen-bond acceptors (Lipinski definition) is 4. The Kier molecular flexibility index (Phi) is 7.78. The highest BCUT2D eigenvalue weighted by atomic mass is 16.5. The second kappa shape index (κ2) is 11.4. The molecule has 0 saturated carbocycles. The molecule has 2 aromatic heterocycles. The van der Waals surface area contributed by atoms with Crippen molar-refractivity contribution in [3.63, 3.8) is 0 Å². The summed E-state index contributed by atoms with van der Waals surface area (Å²) < 4.78 is 7.66. The number of likely N-dealkylation sites (tertiary alicyclic amines) is 1. The Morgan fingerprint density at radius 2 is 1.73 bits per heavy atom. The van der Waals surface area contributed by atoms with Crippen molar-refractivity contribution >= 4 is 22.7 Å². The summed E-state index contributed by atoms with van der Waals surface area (Å²) >= 11 is 0. The van der Waals surface area contributed by atoms with Crippen molar-refractivity contribution in [2.24, 2.45) is 5.92 Å². The zero-order valence-electron chi connectivity index (χ0n) is 23.5. The van der Waals surface area contributed by atoms with E-state index in [9.17, 15) is 14.4 Å². The van der Waals surface area contributed by atoms with E-state index >= 15 is 0 Å². The van der Waals surface area contributed by atoms with Gasteiger partial charge in [0.15, 0.2) is 0 Å². The van der Waals surface area contributed by atoms with Gasteiger partial charge in [-0.3, -0.25) is 14.4 Å². The van der Waals surface area contributed by atoms with Gasteiger partial charge in [0, 0.05) is 47.0 Å². The summed E-state index contributed by atoms with van der Waals surface area (Å²) in [5, 5.41) is 3.83. The number of benzene rings is 2. The van der Waals surface area contributed by atoms with Gasteiger partial charge in [-0.2, -0.15) is 0 Å². The zero-order valence-corrected chi connectivity index (χ0v) is 23.5. The van der Waals surface area contributed by atoms with Crippen LogP contribution in [0.25, 0.3) is 10.9 Å². The second-order valence-electron chi connectivity index (χ2n) is 10.6. The van der Waals surface area contributed by atoms with E-state index in [0.717, 1.165) is 35.0 Å². The number of methoxy groups -OCH3 is 1. The molecule has 8 nitrogen and oxygen atoms in total. The van der Waals surface area contributed by atoms with Crippen LogP contribution >= 0.6 is 0 Å². The Hall–Kier alpha value is -4.33. The molecule has 1 aliphatic heterocycles. The average molecular weight is 541 g/mol. The number of aryl methyl sites for hydroxylation is 1. The number of nitrogens with zero attached hydrogens (tertiary/aromatic N) is 2. The van der Waals surface area contributed by atoms with Gasteiger partial charge in [0.2, 0.25) is 0 Å². The first-order chi connectivity index (χ1) is 19.3. The van der Waals surface area contributed by atoms with E-state index in [0.29, 0.717) is 41.6 Å². The van der Waals surface area contributed by atoms with Crippen molar-refractivity contribution in [3.8, 4) is 5.75 Å². The van der Waals surface area contributed by atoms with Crippen LogP contribution in [0.3, 0.4) is 0 Å². The number of para-hydroxylation sites is 1. The molecule has 5 rings (SSSR count). The van der Waals surface area contributed by atoms with E-state index < -0.39 is 0 Å². The molecule has 3 heterocycles. The topological polar surface area (TPSA) is 96.4 Å². The quantitative estimate of drug-likeness (QED) is 0.345. The molecule has 2 amide bonds. The molecule has 1 aliphatic rings. The van der Waals surface area contributed by atoms with Gasteiger partial charge >= 0.3 is 0 Å². The van der Waals surface area contributed by atoms with Gasteiger partial charge in [-0.1, -0.05) is 36.4 Å². The summed E-state index contributed by atoms with van der Waals surface area (Å²) in [6.45, 7) is 7.45. The summed E-state index contributed by atoms with van der Waals surface area (Å²) in [5.41, 5.74) is 4.03. The smallest absolute Gasteiger partial charge is 0.256 e. The molecule has 1 unspecified atom stereocenters. The fourth-order valence-corrected chi connectivity index (χ4v) is 6.05. The molecule has 1 saturated heterocycles. The molecule has 2 N–H and O–H groups in total. The predicted octanol–water partition coefficient (Wildman–Crippen LogP) is 5.00. The van der Waals surface area contributed by atoms with Gasteiger partial charge in [-0.25, -0.2) is 0 Å². The number of ether oxygens (including phenoxy) is 1. The Labute approximate surface area is 234 Å². The number of amides is 2. The third-order valence-corrected chi connectivity index (χ3v) is 8.20. The van der Waals surface area contributed by atoms with Crippen molar-refractivity contribution in [1.82, 2.24) is 19.8 Å². The number of hydrogen-bond donors (Lipinski definition) is 2. The molecule has 8 heteroatoms. The van der Waals surface area contributed by atoms with Crippen molar-refractivity contribution in [2.45, 2.75) is 46.2 Å². The molecule has 0 spiro atoms. The first-order valence-corrected chi connectivity index (χ1v) is 13.8. The predicted molar refractivity (Wildman–Crippen MR) is 156 cm³/mol. The molecule has 1 fully saturated rings. The minimum atomic E-state index is -0.276. The van der Waals surface area contributed by atoms with E-state index in [-0.39, 0.29) is 30.0 Å². The van der Waals surface area contributed by atoms with Crippen LogP contribution in [0.4, 0.5) is 0 Å².